The molecule has 4 nitrogen and oxygen atoms in total. The molecule has 1 saturated heterocycles. The fourth-order valence-electron chi connectivity index (χ4n) is 2.31. The summed E-state index contributed by atoms with van der Waals surface area (Å²) in [7, 11) is 0. The van der Waals surface area contributed by atoms with Crippen molar-refractivity contribution >= 4 is 11.8 Å². The van der Waals surface area contributed by atoms with Crippen molar-refractivity contribution in [3.05, 3.63) is 35.4 Å². The zero-order chi connectivity index (χ0) is 14.0. The molecule has 0 bridgehead atoms. The maximum absolute atomic E-state index is 12.6. The van der Waals surface area contributed by atoms with Crippen molar-refractivity contribution < 1.29 is 9.59 Å². The summed E-state index contributed by atoms with van der Waals surface area (Å²) in [5, 5.41) is 2.73. The minimum absolute atomic E-state index is 0.0552. The van der Waals surface area contributed by atoms with Gasteiger partial charge in [0.1, 0.15) is 0 Å². The number of nitrogens with one attached hydrogen (secondary N) is 1. The highest BCUT2D eigenvalue weighted by Gasteiger charge is 2.27. The summed E-state index contributed by atoms with van der Waals surface area (Å²) in [6, 6.07) is 7.64. The van der Waals surface area contributed by atoms with Crippen molar-refractivity contribution in [3.8, 4) is 0 Å². The normalized spacial score (nSPS) is 16.2. The van der Waals surface area contributed by atoms with Gasteiger partial charge in [-0.05, 0) is 17.0 Å². The molecule has 1 aromatic rings. The second-order valence-corrected chi connectivity index (χ2v) is 5.87. The first kappa shape index (κ1) is 13.6. The Kier molecular flexibility index (Phi) is 3.60. The largest absolute Gasteiger partial charge is 0.353 e. The Hall–Kier alpha value is -1.84. The number of hydrogen-bond donors (Lipinski definition) is 1. The molecule has 2 amide bonds. The number of piperazine rings is 1. The van der Waals surface area contributed by atoms with Crippen LogP contribution in [0.25, 0.3) is 0 Å². The monoisotopic (exact) mass is 260 g/mol. The van der Waals surface area contributed by atoms with Crippen molar-refractivity contribution in [1.82, 2.24) is 10.2 Å². The summed E-state index contributed by atoms with van der Waals surface area (Å²) in [5.74, 6) is -0.145. The molecule has 1 aliphatic rings. The molecule has 19 heavy (non-hydrogen) atoms. The molecule has 1 N–H and O–H groups in total. The maximum atomic E-state index is 12.6. The van der Waals surface area contributed by atoms with Gasteiger partial charge in [0.05, 0.1) is 6.54 Å². The Labute approximate surface area is 113 Å². The molecule has 0 unspecified atom stereocenters. The van der Waals surface area contributed by atoms with Crippen molar-refractivity contribution in [1.29, 1.82) is 0 Å². The smallest absolute Gasteiger partial charge is 0.254 e. The van der Waals surface area contributed by atoms with Crippen LogP contribution in [0.1, 0.15) is 36.7 Å². The van der Waals surface area contributed by atoms with Gasteiger partial charge < -0.3 is 10.2 Å². The number of rotatable bonds is 1. The predicted octanol–water partition coefficient (Wildman–Crippen LogP) is 1.56. The zero-order valence-corrected chi connectivity index (χ0v) is 11.7. The van der Waals surface area contributed by atoms with Gasteiger partial charge >= 0.3 is 0 Å². The fourth-order valence-corrected chi connectivity index (χ4v) is 2.31. The molecule has 0 radical (unpaired) electrons. The predicted molar refractivity (Wildman–Crippen MR) is 74.1 cm³/mol. The SMILES string of the molecule is CC(C)(C)c1ccccc1C(=O)N1CCNC(=O)C1. The van der Waals surface area contributed by atoms with Crippen LogP contribution in [-0.4, -0.2) is 36.3 Å². The van der Waals surface area contributed by atoms with Gasteiger partial charge in [-0.1, -0.05) is 39.0 Å². The number of hydrogen-bond acceptors (Lipinski definition) is 2. The van der Waals surface area contributed by atoms with E-state index in [4.69, 9.17) is 0 Å². The van der Waals surface area contributed by atoms with E-state index < -0.39 is 0 Å². The van der Waals surface area contributed by atoms with Gasteiger partial charge in [0.25, 0.3) is 5.91 Å². The van der Waals surface area contributed by atoms with Gasteiger partial charge in [-0.2, -0.15) is 0 Å². The summed E-state index contributed by atoms with van der Waals surface area (Å²) >= 11 is 0. The second kappa shape index (κ2) is 5.03. The van der Waals surface area contributed by atoms with Crippen LogP contribution in [0.15, 0.2) is 24.3 Å². The number of carbonyl (C=O) groups excluding carboxylic acids is 2. The average Bonchev–Trinajstić information content (AvgIpc) is 2.37. The molecule has 102 valence electrons. The zero-order valence-electron chi connectivity index (χ0n) is 11.7. The van der Waals surface area contributed by atoms with E-state index in [0.717, 1.165) is 5.56 Å². The van der Waals surface area contributed by atoms with Crippen molar-refractivity contribution in [2.75, 3.05) is 19.6 Å². The molecule has 1 fully saturated rings. The summed E-state index contributed by atoms with van der Waals surface area (Å²) in [6.07, 6.45) is 0. The summed E-state index contributed by atoms with van der Waals surface area (Å²) in [5.41, 5.74) is 1.63. The molecular weight excluding hydrogens is 240 g/mol. The van der Waals surface area contributed by atoms with E-state index in [0.29, 0.717) is 18.7 Å². The molecule has 2 rings (SSSR count). The maximum Gasteiger partial charge on any atom is 0.254 e. The van der Waals surface area contributed by atoms with Crippen LogP contribution in [0.4, 0.5) is 0 Å². The third-order valence-corrected chi connectivity index (χ3v) is 3.29. The lowest BCUT2D eigenvalue weighted by atomic mass is 9.83. The lowest BCUT2D eigenvalue weighted by Crippen LogP contribution is -2.50. The van der Waals surface area contributed by atoms with Crippen LogP contribution in [0.3, 0.4) is 0 Å². The Morgan fingerprint density at radius 1 is 1.26 bits per heavy atom. The van der Waals surface area contributed by atoms with Gasteiger partial charge in [-0.25, -0.2) is 0 Å². The summed E-state index contributed by atoms with van der Waals surface area (Å²) < 4.78 is 0. The Morgan fingerprint density at radius 2 is 1.95 bits per heavy atom. The van der Waals surface area contributed by atoms with Gasteiger partial charge in [0.2, 0.25) is 5.91 Å². The van der Waals surface area contributed by atoms with E-state index in [1.165, 1.54) is 0 Å². The first-order valence-corrected chi connectivity index (χ1v) is 6.55. The van der Waals surface area contributed by atoms with E-state index in [9.17, 15) is 9.59 Å². The van der Waals surface area contributed by atoms with Gasteiger partial charge in [-0.3, -0.25) is 9.59 Å². The Bertz CT molecular complexity index is 503. The van der Waals surface area contributed by atoms with E-state index in [1.54, 1.807) is 4.90 Å². The molecule has 0 saturated carbocycles. The minimum atomic E-state index is -0.0930. The molecule has 4 heteroatoms. The highest BCUT2D eigenvalue weighted by molar-refractivity contribution is 5.98. The topological polar surface area (TPSA) is 49.4 Å². The van der Waals surface area contributed by atoms with Gasteiger partial charge in [0.15, 0.2) is 0 Å². The number of benzene rings is 1. The van der Waals surface area contributed by atoms with Crippen LogP contribution in [0.2, 0.25) is 0 Å². The van der Waals surface area contributed by atoms with Crippen molar-refractivity contribution in [3.63, 3.8) is 0 Å². The van der Waals surface area contributed by atoms with Gasteiger partial charge in [-0.15, -0.1) is 0 Å². The minimum Gasteiger partial charge on any atom is -0.353 e. The molecule has 0 atom stereocenters. The van der Waals surface area contributed by atoms with Crippen LogP contribution in [0, 0.1) is 0 Å². The number of amides is 2. The van der Waals surface area contributed by atoms with Crippen molar-refractivity contribution in [2.45, 2.75) is 26.2 Å². The first-order valence-electron chi connectivity index (χ1n) is 6.55. The quantitative estimate of drug-likeness (QED) is 0.833. The molecule has 0 aromatic heterocycles. The van der Waals surface area contributed by atoms with E-state index in [2.05, 4.69) is 26.1 Å². The van der Waals surface area contributed by atoms with Crippen molar-refractivity contribution in [2.24, 2.45) is 0 Å². The third kappa shape index (κ3) is 2.95. The Morgan fingerprint density at radius 3 is 2.58 bits per heavy atom. The van der Waals surface area contributed by atoms with Crippen LogP contribution in [0.5, 0.6) is 0 Å². The molecule has 0 aliphatic carbocycles. The molecule has 1 aromatic carbocycles. The fraction of sp³-hybridized carbons (Fsp3) is 0.467. The average molecular weight is 260 g/mol. The lowest BCUT2D eigenvalue weighted by Gasteiger charge is -2.29. The summed E-state index contributed by atoms with van der Waals surface area (Å²) in [6.45, 7) is 7.51. The summed E-state index contributed by atoms with van der Waals surface area (Å²) in [4.78, 5) is 25.6. The highest BCUT2D eigenvalue weighted by atomic mass is 16.2. The van der Waals surface area contributed by atoms with E-state index >= 15 is 0 Å². The lowest BCUT2D eigenvalue weighted by molar-refractivity contribution is -0.123. The number of carbonyl (C=O) groups is 2. The molecule has 1 heterocycles. The Balaban J connectivity index is 2.31. The van der Waals surface area contributed by atoms with Crippen LogP contribution < -0.4 is 5.32 Å². The van der Waals surface area contributed by atoms with Crippen LogP contribution >= 0.6 is 0 Å². The van der Waals surface area contributed by atoms with Crippen LogP contribution in [-0.2, 0) is 10.2 Å². The standard InChI is InChI=1S/C15H20N2O2/c1-15(2,3)12-7-5-4-6-11(12)14(19)17-9-8-16-13(18)10-17/h4-7H,8-10H2,1-3H3,(H,16,18). The van der Waals surface area contributed by atoms with E-state index in [1.807, 2.05) is 24.3 Å². The molecule has 0 spiro atoms. The first-order chi connectivity index (χ1) is 8.89. The van der Waals surface area contributed by atoms with E-state index in [-0.39, 0.29) is 23.8 Å². The van der Waals surface area contributed by atoms with Gasteiger partial charge in [0, 0.05) is 18.7 Å². The molecule has 1 aliphatic heterocycles. The second-order valence-electron chi connectivity index (χ2n) is 5.87. The highest BCUT2D eigenvalue weighted by Crippen LogP contribution is 2.26. The third-order valence-electron chi connectivity index (χ3n) is 3.29. The molecular formula is C15H20N2O2. The number of nitrogens with zero attached hydrogens (tertiary/aromatic N) is 1.